The molecular weight excluding hydrogens is 479 g/mol. The molecule has 0 aliphatic carbocycles. The van der Waals surface area contributed by atoms with Gasteiger partial charge < -0.3 is 5.32 Å². The zero-order valence-electron chi connectivity index (χ0n) is 18.5. The summed E-state index contributed by atoms with van der Waals surface area (Å²) >= 11 is 0. The Bertz CT molecular complexity index is 1430. The molecule has 2 aromatic carbocycles. The number of anilines is 1. The van der Waals surface area contributed by atoms with Crippen LogP contribution in [0.15, 0.2) is 71.9 Å². The number of nitrogens with zero attached hydrogens (tertiary/aromatic N) is 3. The molecule has 35 heavy (non-hydrogen) atoms. The lowest BCUT2D eigenvalue weighted by molar-refractivity contribution is -0.137. The van der Waals surface area contributed by atoms with Crippen molar-refractivity contribution in [1.82, 2.24) is 19.5 Å². The van der Waals surface area contributed by atoms with Gasteiger partial charge >= 0.3 is 6.18 Å². The molecule has 0 spiro atoms. The van der Waals surface area contributed by atoms with E-state index < -0.39 is 21.8 Å². The molecule has 4 aromatic rings. The minimum Gasteiger partial charge on any atom is -0.367 e. The maximum Gasteiger partial charge on any atom is 0.417 e. The second-order valence-corrected chi connectivity index (χ2v) is 10.4. The first-order valence-electron chi connectivity index (χ1n) is 11.0. The second-order valence-electron chi connectivity index (χ2n) is 8.45. The first-order valence-corrected chi connectivity index (χ1v) is 12.5. The number of aromatic amines is 1. The Morgan fingerprint density at radius 2 is 1.66 bits per heavy atom. The van der Waals surface area contributed by atoms with Gasteiger partial charge in [-0.05, 0) is 60.4 Å². The van der Waals surface area contributed by atoms with Crippen molar-refractivity contribution in [1.29, 1.82) is 0 Å². The van der Waals surface area contributed by atoms with Gasteiger partial charge in [-0.1, -0.05) is 18.2 Å². The van der Waals surface area contributed by atoms with Gasteiger partial charge in [0.25, 0.3) is 0 Å². The monoisotopic (exact) mass is 501 g/mol. The Morgan fingerprint density at radius 3 is 2.31 bits per heavy atom. The summed E-state index contributed by atoms with van der Waals surface area (Å²) in [6, 6.07) is 14.9. The third-order valence-corrected chi connectivity index (χ3v) is 8.08. The average Bonchev–Trinajstić information content (AvgIpc) is 3.32. The highest BCUT2D eigenvalue weighted by Gasteiger charge is 2.32. The molecular formula is C24H22F3N5O2S. The van der Waals surface area contributed by atoms with Crippen LogP contribution in [0.2, 0.25) is 0 Å². The number of H-pyrrole nitrogens is 1. The van der Waals surface area contributed by atoms with Crippen molar-refractivity contribution in [2.75, 3.05) is 18.4 Å². The Morgan fingerprint density at radius 1 is 0.943 bits per heavy atom. The van der Waals surface area contributed by atoms with E-state index in [1.165, 1.54) is 10.4 Å². The van der Waals surface area contributed by atoms with Crippen LogP contribution >= 0.6 is 0 Å². The van der Waals surface area contributed by atoms with E-state index in [4.69, 9.17) is 0 Å². The maximum atomic E-state index is 13.1. The quantitative estimate of drug-likeness (QED) is 0.406. The van der Waals surface area contributed by atoms with E-state index in [-0.39, 0.29) is 10.9 Å². The largest absolute Gasteiger partial charge is 0.417 e. The fraction of sp³-hybridized carbons (Fsp3) is 0.250. The van der Waals surface area contributed by atoms with E-state index in [0.717, 1.165) is 34.3 Å². The Kier molecular flexibility index (Phi) is 5.97. The molecule has 1 saturated heterocycles. The number of piperidine rings is 1. The molecule has 3 heterocycles. The number of benzene rings is 2. The number of nitrogens with one attached hydrogen (secondary N) is 2. The molecule has 1 fully saturated rings. The number of rotatable bonds is 5. The Labute approximate surface area is 200 Å². The van der Waals surface area contributed by atoms with Gasteiger partial charge in [0, 0.05) is 30.7 Å². The fourth-order valence-electron chi connectivity index (χ4n) is 4.19. The van der Waals surface area contributed by atoms with Gasteiger partial charge in [0.2, 0.25) is 10.0 Å². The van der Waals surface area contributed by atoms with Crippen LogP contribution in [-0.4, -0.2) is 47.0 Å². The lowest BCUT2D eigenvalue weighted by Gasteiger charge is -2.32. The highest BCUT2D eigenvalue weighted by atomic mass is 32.2. The molecule has 0 bridgehead atoms. The number of alkyl halides is 3. The van der Waals surface area contributed by atoms with E-state index in [9.17, 15) is 21.6 Å². The van der Waals surface area contributed by atoms with Crippen LogP contribution in [-0.2, 0) is 16.2 Å². The standard InChI is InChI=1S/C24H22F3N5O2S/c25-24(26,27)19-4-8-23(28-15-19)30-20-9-11-32(12-10-20)35(33,34)21-5-1-16(2-6-21)17-3-7-22-18(13-17)14-29-31-22/h1-8,13-15,20H,9-12H2,(H,28,30)(H,29,31). The summed E-state index contributed by atoms with van der Waals surface area (Å²) in [5.74, 6) is 0.337. The molecule has 11 heteroatoms. The SMILES string of the molecule is O=S(=O)(c1ccc(-c2ccc3[nH]ncc3c2)cc1)N1CCC(Nc2ccc(C(F)(F)F)cn2)CC1. The molecule has 1 aliphatic heterocycles. The summed E-state index contributed by atoms with van der Waals surface area (Å²) < 4.78 is 65.8. The minimum absolute atomic E-state index is 0.0779. The minimum atomic E-state index is -4.43. The van der Waals surface area contributed by atoms with Crippen LogP contribution in [0.3, 0.4) is 0 Å². The van der Waals surface area contributed by atoms with Gasteiger partial charge in [-0.2, -0.15) is 22.6 Å². The van der Waals surface area contributed by atoms with Crippen LogP contribution < -0.4 is 5.32 Å². The maximum absolute atomic E-state index is 13.1. The molecule has 182 valence electrons. The number of halogens is 3. The molecule has 0 unspecified atom stereocenters. The topological polar surface area (TPSA) is 91.0 Å². The molecule has 5 rings (SSSR count). The molecule has 2 N–H and O–H groups in total. The van der Waals surface area contributed by atoms with Gasteiger partial charge in [-0.25, -0.2) is 13.4 Å². The van der Waals surface area contributed by atoms with Crippen molar-refractivity contribution in [2.45, 2.75) is 30.0 Å². The van der Waals surface area contributed by atoms with E-state index in [1.807, 2.05) is 18.2 Å². The molecule has 1 aliphatic rings. The van der Waals surface area contributed by atoms with Crippen molar-refractivity contribution in [3.63, 3.8) is 0 Å². The summed E-state index contributed by atoms with van der Waals surface area (Å²) in [6.07, 6.45) is -0.866. The zero-order chi connectivity index (χ0) is 24.6. The highest BCUT2D eigenvalue weighted by Crippen LogP contribution is 2.30. The number of hydrogen-bond acceptors (Lipinski definition) is 5. The number of aromatic nitrogens is 3. The van der Waals surface area contributed by atoms with Gasteiger partial charge in [0.15, 0.2) is 0 Å². The smallest absolute Gasteiger partial charge is 0.367 e. The average molecular weight is 502 g/mol. The Balaban J connectivity index is 1.22. The first kappa shape index (κ1) is 23.3. The van der Waals surface area contributed by atoms with Crippen LogP contribution in [0, 0.1) is 0 Å². The first-order chi connectivity index (χ1) is 16.7. The predicted molar refractivity (Wildman–Crippen MR) is 126 cm³/mol. The normalized spacial score (nSPS) is 16.0. The number of hydrogen-bond donors (Lipinski definition) is 2. The van der Waals surface area contributed by atoms with Crippen molar-refractivity contribution < 1.29 is 21.6 Å². The van der Waals surface area contributed by atoms with Crippen molar-refractivity contribution >= 4 is 26.7 Å². The molecule has 0 saturated carbocycles. The fourth-order valence-corrected chi connectivity index (χ4v) is 5.66. The van der Waals surface area contributed by atoms with Gasteiger partial charge in [0.05, 0.1) is 22.2 Å². The Hall–Kier alpha value is -3.44. The summed E-state index contributed by atoms with van der Waals surface area (Å²) in [5, 5.41) is 11.0. The summed E-state index contributed by atoms with van der Waals surface area (Å²) in [6.45, 7) is 0.610. The summed E-state index contributed by atoms with van der Waals surface area (Å²) in [7, 11) is -3.66. The van der Waals surface area contributed by atoms with Crippen LogP contribution in [0.4, 0.5) is 19.0 Å². The highest BCUT2D eigenvalue weighted by molar-refractivity contribution is 7.89. The molecule has 0 radical (unpaired) electrons. The van der Waals surface area contributed by atoms with Gasteiger partial charge in [-0.15, -0.1) is 0 Å². The van der Waals surface area contributed by atoms with Gasteiger partial charge in [0.1, 0.15) is 5.82 Å². The summed E-state index contributed by atoms with van der Waals surface area (Å²) in [4.78, 5) is 4.06. The lowest BCUT2D eigenvalue weighted by Crippen LogP contribution is -2.42. The van der Waals surface area contributed by atoms with Crippen molar-refractivity contribution in [2.24, 2.45) is 0 Å². The predicted octanol–water partition coefficient (Wildman–Crippen LogP) is 4.91. The molecule has 7 nitrogen and oxygen atoms in total. The molecule has 0 atom stereocenters. The number of pyridine rings is 1. The molecule has 2 aromatic heterocycles. The number of sulfonamides is 1. The third-order valence-electron chi connectivity index (χ3n) is 6.16. The third kappa shape index (κ3) is 4.87. The van der Waals surface area contributed by atoms with Crippen LogP contribution in [0.5, 0.6) is 0 Å². The van der Waals surface area contributed by atoms with E-state index in [2.05, 4.69) is 20.5 Å². The van der Waals surface area contributed by atoms with Gasteiger partial charge in [-0.3, -0.25) is 5.10 Å². The van der Waals surface area contributed by atoms with Crippen LogP contribution in [0.1, 0.15) is 18.4 Å². The number of fused-ring (bicyclic) bond motifs is 1. The zero-order valence-corrected chi connectivity index (χ0v) is 19.3. The van der Waals surface area contributed by atoms with Crippen molar-refractivity contribution in [3.8, 4) is 11.1 Å². The summed E-state index contributed by atoms with van der Waals surface area (Å²) in [5.41, 5.74) is 1.99. The lowest BCUT2D eigenvalue weighted by atomic mass is 10.0. The van der Waals surface area contributed by atoms with E-state index in [0.29, 0.717) is 31.7 Å². The van der Waals surface area contributed by atoms with E-state index in [1.54, 1.807) is 30.5 Å². The van der Waals surface area contributed by atoms with E-state index >= 15 is 0 Å². The molecule has 0 amide bonds. The van der Waals surface area contributed by atoms with Crippen LogP contribution in [0.25, 0.3) is 22.0 Å². The second kappa shape index (κ2) is 8.97. The van der Waals surface area contributed by atoms with Crippen molar-refractivity contribution in [3.05, 3.63) is 72.6 Å².